The Labute approximate surface area is 134 Å². The van der Waals surface area contributed by atoms with E-state index in [2.05, 4.69) is 16.2 Å². The fourth-order valence-electron chi connectivity index (χ4n) is 3.21. The third-order valence-electron chi connectivity index (χ3n) is 4.39. The zero-order valence-corrected chi connectivity index (χ0v) is 12.9. The number of amides is 1. The summed E-state index contributed by atoms with van der Waals surface area (Å²) >= 11 is 0. The van der Waals surface area contributed by atoms with Crippen molar-refractivity contribution in [2.24, 2.45) is 5.10 Å². The molecule has 0 saturated heterocycles. The molecule has 1 atom stereocenters. The number of fused-ring (bicyclic) bond motifs is 1. The van der Waals surface area contributed by atoms with Crippen LogP contribution >= 0.6 is 0 Å². The predicted molar refractivity (Wildman–Crippen MR) is 91.4 cm³/mol. The van der Waals surface area contributed by atoms with Gasteiger partial charge in [-0.05, 0) is 17.2 Å². The molecule has 2 aromatic carbocycles. The number of hydrogen-bond acceptors (Lipinski definition) is 2. The van der Waals surface area contributed by atoms with Crippen LogP contribution in [0.3, 0.4) is 0 Å². The van der Waals surface area contributed by atoms with Gasteiger partial charge in [0.25, 0.3) is 0 Å². The zero-order valence-electron chi connectivity index (χ0n) is 12.9. The van der Waals surface area contributed by atoms with Gasteiger partial charge in [0.05, 0.1) is 11.6 Å². The molecule has 1 N–H and O–H groups in total. The minimum Gasteiger partial charge on any atom is -0.361 e. The molecule has 0 aliphatic carbocycles. The maximum atomic E-state index is 12.6. The Balaban J connectivity index is 1.77. The molecule has 0 radical (unpaired) electrons. The second-order valence-corrected chi connectivity index (χ2v) is 5.82. The molecule has 4 rings (SSSR count). The van der Waals surface area contributed by atoms with Crippen LogP contribution in [-0.2, 0) is 4.79 Å². The van der Waals surface area contributed by atoms with Gasteiger partial charge < -0.3 is 4.98 Å². The van der Waals surface area contributed by atoms with Gasteiger partial charge in [-0.3, -0.25) is 4.79 Å². The Morgan fingerprint density at radius 1 is 1.09 bits per heavy atom. The number of H-pyrrole nitrogens is 1. The van der Waals surface area contributed by atoms with Crippen molar-refractivity contribution < 1.29 is 4.79 Å². The summed E-state index contributed by atoms with van der Waals surface area (Å²) in [7, 11) is 1.73. The van der Waals surface area contributed by atoms with Crippen molar-refractivity contribution in [1.82, 2.24) is 9.99 Å². The van der Waals surface area contributed by atoms with Gasteiger partial charge in [-0.15, -0.1) is 0 Å². The van der Waals surface area contributed by atoms with E-state index in [1.54, 1.807) is 7.05 Å². The van der Waals surface area contributed by atoms with E-state index in [0.717, 1.165) is 27.7 Å². The molecule has 0 unspecified atom stereocenters. The number of nitrogens with one attached hydrogen (secondary N) is 1. The van der Waals surface area contributed by atoms with Crippen molar-refractivity contribution in [3.8, 4) is 0 Å². The summed E-state index contributed by atoms with van der Waals surface area (Å²) in [5, 5.41) is 7.04. The third-order valence-corrected chi connectivity index (χ3v) is 4.39. The highest BCUT2D eigenvalue weighted by Crippen LogP contribution is 2.33. The Bertz CT molecular complexity index is 895. The molecule has 2 heterocycles. The first-order valence-electron chi connectivity index (χ1n) is 7.70. The van der Waals surface area contributed by atoms with Gasteiger partial charge in [-0.25, -0.2) is 5.01 Å². The second-order valence-electron chi connectivity index (χ2n) is 5.82. The van der Waals surface area contributed by atoms with Gasteiger partial charge in [0.2, 0.25) is 5.91 Å². The van der Waals surface area contributed by atoms with Crippen LogP contribution in [0.15, 0.2) is 65.9 Å². The summed E-state index contributed by atoms with van der Waals surface area (Å²) in [5.41, 5.74) is 4.11. The highest BCUT2D eigenvalue weighted by atomic mass is 16.2. The lowest BCUT2D eigenvalue weighted by Crippen LogP contribution is -2.35. The highest BCUT2D eigenvalue weighted by molar-refractivity contribution is 6.07. The Morgan fingerprint density at radius 3 is 2.65 bits per heavy atom. The van der Waals surface area contributed by atoms with E-state index in [9.17, 15) is 4.79 Å². The van der Waals surface area contributed by atoms with Gasteiger partial charge in [-0.2, -0.15) is 5.10 Å². The molecule has 1 amide bonds. The number of benzene rings is 2. The van der Waals surface area contributed by atoms with E-state index in [1.807, 2.05) is 54.7 Å². The van der Waals surface area contributed by atoms with E-state index in [-0.39, 0.29) is 11.8 Å². The van der Waals surface area contributed by atoms with E-state index < -0.39 is 0 Å². The molecule has 0 bridgehead atoms. The summed E-state index contributed by atoms with van der Waals surface area (Å²) in [5.74, 6) is -0.168. The number of carbonyl (C=O) groups is 1. The third kappa shape index (κ3) is 2.32. The minimum atomic E-state index is -0.205. The monoisotopic (exact) mass is 303 g/mol. The van der Waals surface area contributed by atoms with Crippen LogP contribution in [0.5, 0.6) is 0 Å². The Morgan fingerprint density at radius 2 is 1.83 bits per heavy atom. The summed E-state index contributed by atoms with van der Waals surface area (Å²) in [6, 6.07) is 18.1. The van der Waals surface area contributed by atoms with Crippen LogP contribution in [0.25, 0.3) is 10.9 Å². The lowest BCUT2D eigenvalue weighted by Gasteiger charge is -2.27. The molecule has 0 fully saturated rings. The number of carbonyl (C=O) groups excluding carboxylic acids is 1. The van der Waals surface area contributed by atoms with Crippen molar-refractivity contribution in [1.29, 1.82) is 0 Å². The van der Waals surface area contributed by atoms with Gasteiger partial charge in [0.15, 0.2) is 0 Å². The van der Waals surface area contributed by atoms with Crippen molar-refractivity contribution in [3.63, 3.8) is 0 Å². The number of aromatic amines is 1. The molecular formula is C19H17N3O. The molecular weight excluding hydrogens is 286 g/mol. The van der Waals surface area contributed by atoms with E-state index in [4.69, 9.17) is 0 Å². The smallest absolute Gasteiger partial charge is 0.250 e. The minimum absolute atomic E-state index is 0.0365. The molecule has 4 nitrogen and oxygen atoms in total. The van der Waals surface area contributed by atoms with Crippen molar-refractivity contribution in [2.75, 3.05) is 7.05 Å². The Kier molecular flexibility index (Phi) is 3.23. The van der Waals surface area contributed by atoms with Gasteiger partial charge in [0, 0.05) is 30.6 Å². The average Bonchev–Trinajstić information content (AvgIpc) is 3.02. The zero-order chi connectivity index (χ0) is 15.8. The van der Waals surface area contributed by atoms with Crippen molar-refractivity contribution in [2.45, 2.75) is 12.3 Å². The van der Waals surface area contributed by atoms with Crippen LogP contribution in [0.4, 0.5) is 0 Å². The van der Waals surface area contributed by atoms with E-state index >= 15 is 0 Å². The summed E-state index contributed by atoms with van der Waals surface area (Å²) in [4.78, 5) is 15.9. The molecule has 0 spiro atoms. The second kappa shape index (κ2) is 5.39. The molecule has 1 aromatic heterocycles. The number of rotatable bonds is 2. The summed E-state index contributed by atoms with van der Waals surface area (Å²) < 4.78 is 0. The standard InChI is InChI=1S/C19H17N3O/c1-22-19(23)15(11-18(21-22)13-7-3-2-4-8-13)16-12-20-17-10-6-5-9-14(16)17/h2-10,12,15,20H,11H2,1H3/t15-/m0/s1. The molecule has 3 aromatic rings. The number of likely N-dealkylation sites (N-methyl/N-ethyl adjacent to an activating group) is 1. The number of nitrogens with zero attached hydrogens (tertiary/aromatic N) is 2. The topological polar surface area (TPSA) is 48.5 Å². The van der Waals surface area contributed by atoms with E-state index in [1.165, 1.54) is 5.01 Å². The predicted octanol–water partition coefficient (Wildman–Crippen LogP) is 3.52. The average molecular weight is 303 g/mol. The van der Waals surface area contributed by atoms with Crippen molar-refractivity contribution in [3.05, 3.63) is 71.9 Å². The van der Waals surface area contributed by atoms with Crippen LogP contribution in [0, 0.1) is 0 Å². The molecule has 23 heavy (non-hydrogen) atoms. The quantitative estimate of drug-likeness (QED) is 0.773. The molecule has 1 aliphatic heterocycles. The fourth-order valence-corrected chi connectivity index (χ4v) is 3.21. The number of para-hydroxylation sites is 1. The maximum Gasteiger partial charge on any atom is 0.250 e. The molecule has 1 aliphatic rings. The van der Waals surface area contributed by atoms with Crippen molar-refractivity contribution >= 4 is 22.5 Å². The molecule has 0 saturated carbocycles. The van der Waals surface area contributed by atoms with Gasteiger partial charge >= 0.3 is 0 Å². The maximum absolute atomic E-state index is 12.6. The van der Waals surface area contributed by atoms with Crippen LogP contribution in [0.1, 0.15) is 23.5 Å². The first-order valence-corrected chi connectivity index (χ1v) is 7.70. The largest absolute Gasteiger partial charge is 0.361 e. The van der Waals surface area contributed by atoms with Crippen LogP contribution < -0.4 is 0 Å². The lowest BCUT2D eigenvalue weighted by atomic mass is 9.89. The number of aromatic nitrogens is 1. The summed E-state index contributed by atoms with van der Waals surface area (Å²) in [6.45, 7) is 0. The number of hydrazone groups is 1. The van der Waals surface area contributed by atoms with Gasteiger partial charge in [-0.1, -0.05) is 48.5 Å². The highest BCUT2D eigenvalue weighted by Gasteiger charge is 2.32. The van der Waals surface area contributed by atoms with Gasteiger partial charge in [0.1, 0.15) is 0 Å². The normalized spacial score (nSPS) is 18.3. The first-order chi connectivity index (χ1) is 11.2. The fraction of sp³-hybridized carbons (Fsp3) is 0.158. The summed E-state index contributed by atoms with van der Waals surface area (Å²) in [6.07, 6.45) is 2.57. The lowest BCUT2D eigenvalue weighted by molar-refractivity contribution is -0.132. The molecule has 4 heteroatoms. The number of hydrogen-bond donors (Lipinski definition) is 1. The van der Waals surface area contributed by atoms with E-state index in [0.29, 0.717) is 6.42 Å². The Hall–Kier alpha value is -2.88. The van der Waals surface area contributed by atoms with Crippen LogP contribution in [-0.4, -0.2) is 28.7 Å². The first kappa shape index (κ1) is 13.8. The van der Waals surface area contributed by atoms with Crippen LogP contribution in [0.2, 0.25) is 0 Å². The molecule has 114 valence electrons. The SMILES string of the molecule is CN1N=C(c2ccccc2)C[C@@H](c2c[nH]c3ccccc23)C1=O.